The first-order valence-electron chi connectivity index (χ1n) is 11.5. The van der Waals surface area contributed by atoms with Gasteiger partial charge in [-0.15, -0.1) is 0 Å². The predicted octanol–water partition coefficient (Wildman–Crippen LogP) is 3.36. The summed E-state index contributed by atoms with van der Waals surface area (Å²) < 4.78 is 0.804. The minimum absolute atomic E-state index is 0.0529. The van der Waals surface area contributed by atoms with Gasteiger partial charge >= 0.3 is 0 Å². The number of hydrogen-bond donors (Lipinski definition) is 2. The largest absolute Gasteiger partial charge is 0.368 e. The number of benzene rings is 3. The first-order valence-corrected chi connectivity index (χ1v) is 11.5. The average Bonchev–Trinajstić information content (AvgIpc) is 3.25. The highest BCUT2D eigenvalue weighted by atomic mass is 16.2. The molecule has 1 fully saturated rings. The molecule has 1 aliphatic rings. The summed E-state index contributed by atoms with van der Waals surface area (Å²) in [5.74, 6) is -0.385. The van der Waals surface area contributed by atoms with E-state index in [-0.39, 0.29) is 5.91 Å². The van der Waals surface area contributed by atoms with Crippen molar-refractivity contribution in [2.75, 3.05) is 26.7 Å². The molecule has 0 aliphatic carbocycles. The zero-order chi connectivity index (χ0) is 23.3. The third kappa shape index (κ3) is 4.69. The lowest BCUT2D eigenvalue weighted by atomic mass is 9.68. The van der Waals surface area contributed by atoms with Crippen LogP contribution >= 0.6 is 0 Å². The van der Waals surface area contributed by atoms with Crippen LogP contribution < -0.4 is 11.1 Å². The zero-order valence-corrected chi connectivity index (χ0v) is 19.2. The van der Waals surface area contributed by atoms with Gasteiger partial charge in [0, 0.05) is 19.4 Å². The van der Waals surface area contributed by atoms with Gasteiger partial charge in [-0.25, -0.2) is 0 Å². The Labute approximate surface area is 195 Å². The molecule has 33 heavy (non-hydrogen) atoms. The Morgan fingerprint density at radius 3 is 1.94 bits per heavy atom. The van der Waals surface area contributed by atoms with Crippen molar-refractivity contribution in [1.29, 1.82) is 0 Å². The van der Waals surface area contributed by atoms with E-state index in [9.17, 15) is 9.59 Å². The normalized spacial score (nSPS) is 15.2. The second kappa shape index (κ2) is 9.59. The monoisotopic (exact) mass is 442 g/mol. The number of quaternary nitrogens is 1. The molecule has 3 aromatic rings. The number of rotatable bonds is 8. The molecular weight excluding hydrogens is 410 g/mol. The van der Waals surface area contributed by atoms with Crippen LogP contribution in [-0.4, -0.2) is 43.0 Å². The fourth-order valence-electron chi connectivity index (χ4n) is 5.08. The van der Waals surface area contributed by atoms with Crippen LogP contribution in [0.2, 0.25) is 0 Å². The summed E-state index contributed by atoms with van der Waals surface area (Å²) in [6, 6.07) is 27.1. The molecule has 5 heteroatoms. The number of amides is 2. The Balaban J connectivity index is 1.66. The molecule has 3 aromatic carbocycles. The van der Waals surface area contributed by atoms with Gasteiger partial charge in [-0.3, -0.25) is 9.59 Å². The molecule has 170 valence electrons. The predicted molar refractivity (Wildman–Crippen MR) is 130 cm³/mol. The van der Waals surface area contributed by atoms with E-state index in [1.807, 2.05) is 84.9 Å². The smallest absolute Gasteiger partial charge is 0.275 e. The maximum atomic E-state index is 13.2. The van der Waals surface area contributed by atoms with Crippen molar-refractivity contribution in [1.82, 2.24) is 5.32 Å². The summed E-state index contributed by atoms with van der Waals surface area (Å²) >= 11 is 0. The number of nitrogens with zero attached hydrogens (tertiary/aromatic N) is 1. The average molecular weight is 443 g/mol. The molecule has 0 unspecified atom stereocenters. The minimum Gasteiger partial charge on any atom is -0.368 e. The van der Waals surface area contributed by atoms with Gasteiger partial charge in [-0.1, -0.05) is 84.9 Å². The lowest BCUT2D eigenvalue weighted by Gasteiger charge is -2.33. The number of hydrogen-bond acceptors (Lipinski definition) is 2. The molecule has 0 atom stereocenters. The van der Waals surface area contributed by atoms with Gasteiger partial charge < -0.3 is 15.5 Å². The Kier molecular flexibility index (Phi) is 6.61. The third-order valence-corrected chi connectivity index (χ3v) is 6.80. The van der Waals surface area contributed by atoms with E-state index >= 15 is 0 Å². The molecule has 4 rings (SSSR count). The quantitative estimate of drug-likeness (QED) is 0.415. The summed E-state index contributed by atoms with van der Waals surface area (Å²) in [5, 5.41) is 3.07. The van der Waals surface area contributed by atoms with Crippen LogP contribution in [0.1, 0.15) is 35.1 Å². The Morgan fingerprint density at radius 1 is 0.848 bits per heavy atom. The molecule has 5 nitrogen and oxygen atoms in total. The lowest BCUT2D eigenvalue weighted by Crippen LogP contribution is -2.48. The standard InChI is InChI=1S/C28H31N3O2/c1-31(17-8-9-18-31)21-26(32)30-20-22-11-10-16-25(19-22)28(27(29)33,23-12-4-2-5-13-23)24-14-6-3-7-15-24/h2-7,10-16,19H,8-9,17-18,20-21H2,1H3,(H2-,29,30,32,33)/p+1. The molecular formula is C28H32N3O2+. The van der Waals surface area contributed by atoms with Gasteiger partial charge in [0.2, 0.25) is 5.91 Å². The molecule has 0 saturated carbocycles. The second-order valence-corrected chi connectivity index (χ2v) is 9.26. The molecule has 0 aromatic heterocycles. The van der Waals surface area contributed by atoms with Gasteiger partial charge in [0.1, 0.15) is 5.41 Å². The van der Waals surface area contributed by atoms with Gasteiger partial charge in [0.25, 0.3) is 5.91 Å². The first-order chi connectivity index (χ1) is 15.9. The minimum atomic E-state index is -1.13. The van der Waals surface area contributed by atoms with E-state index < -0.39 is 11.3 Å². The van der Waals surface area contributed by atoms with E-state index in [0.717, 1.165) is 39.8 Å². The van der Waals surface area contributed by atoms with Crippen LogP contribution in [-0.2, 0) is 21.5 Å². The summed E-state index contributed by atoms with van der Waals surface area (Å²) in [7, 11) is 2.15. The fourth-order valence-corrected chi connectivity index (χ4v) is 5.08. The molecule has 1 aliphatic heterocycles. The number of nitrogens with two attached hydrogens (primary N) is 1. The van der Waals surface area contributed by atoms with Gasteiger partial charge in [-0.2, -0.15) is 0 Å². The summed E-state index contributed by atoms with van der Waals surface area (Å²) in [5.41, 5.74) is 8.36. The second-order valence-electron chi connectivity index (χ2n) is 9.26. The Bertz CT molecular complexity index is 1070. The number of likely N-dealkylation sites (tertiary alicyclic amines) is 1. The maximum absolute atomic E-state index is 13.2. The molecule has 0 spiro atoms. The van der Waals surface area contributed by atoms with Crippen LogP contribution in [0.3, 0.4) is 0 Å². The highest BCUT2D eigenvalue weighted by Gasteiger charge is 2.42. The number of primary amides is 1. The number of likely N-dealkylation sites (N-methyl/N-ethyl adjacent to an activating group) is 1. The van der Waals surface area contributed by atoms with Gasteiger partial charge in [0.15, 0.2) is 6.54 Å². The van der Waals surface area contributed by atoms with Crippen LogP contribution in [0.5, 0.6) is 0 Å². The molecule has 3 N–H and O–H groups in total. The van der Waals surface area contributed by atoms with Gasteiger partial charge in [0.05, 0.1) is 20.1 Å². The van der Waals surface area contributed by atoms with Crippen molar-refractivity contribution in [3.8, 4) is 0 Å². The number of carbonyl (C=O) groups is 2. The fraction of sp³-hybridized carbons (Fsp3) is 0.286. The summed E-state index contributed by atoms with van der Waals surface area (Å²) in [4.78, 5) is 25.8. The van der Waals surface area contributed by atoms with Crippen molar-refractivity contribution in [3.05, 3.63) is 107 Å². The molecule has 2 amide bonds. The first kappa shape index (κ1) is 22.7. The van der Waals surface area contributed by atoms with E-state index in [4.69, 9.17) is 5.73 Å². The molecule has 1 heterocycles. The van der Waals surface area contributed by atoms with Crippen LogP contribution in [0.4, 0.5) is 0 Å². The van der Waals surface area contributed by atoms with Crippen molar-refractivity contribution in [3.63, 3.8) is 0 Å². The topological polar surface area (TPSA) is 72.2 Å². The molecule has 1 saturated heterocycles. The maximum Gasteiger partial charge on any atom is 0.275 e. The van der Waals surface area contributed by atoms with E-state index in [0.29, 0.717) is 13.1 Å². The number of nitrogens with one attached hydrogen (secondary N) is 1. The molecule has 0 bridgehead atoms. The van der Waals surface area contributed by atoms with E-state index in [1.165, 1.54) is 12.8 Å². The summed E-state index contributed by atoms with van der Waals surface area (Å²) in [6.45, 7) is 3.01. The van der Waals surface area contributed by atoms with Crippen LogP contribution in [0.25, 0.3) is 0 Å². The lowest BCUT2D eigenvalue weighted by molar-refractivity contribution is -0.889. The highest BCUT2D eigenvalue weighted by molar-refractivity contribution is 5.95. The SMILES string of the molecule is C[N+]1(CC(=O)NCc2cccc(C(C(N)=O)(c3ccccc3)c3ccccc3)c2)CCCC1. The van der Waals surface area contributed by atoms with Crippen molar-refractivity contribution in [2.45, 2.75) is 24.8 Å². The van der Waals surface area contributed by atoms with E-state index in [1.54, 1.807) is 0 Å². The van der Waals surface area contributed by atoms with Crippen molar-refractivity contribution in [2.24, 2.45) is 5.73 Å². The van der Waals surface area contributed by atoms with Crippen molar-refractivity contribution < 1.29 is 14.1 Å². The zero-order valence-electron chi connectivity index (χ0n) is 19.2. The summed E-state index contributed by atoms with van der Waals surface area (Å²) in [6.07, 6.45) is 2.36. The Morgan fingerprint density at radius 2 is 1.39 bits per heavy atom. The highest BCUT2D eigenvalue weighted by Crippen LogP contribution is 2.39. The molecule has 0 radical (unpaired) electrons. The third-order valence-electron chi connectivity index (χ3n) is 6.80. The Hall–Kier alpha value is -3.44. The van der Waals surface area contributed by atoms with E-state index in [2.05, 4.69) is 12.4 Å². The number of carbonyl (C=O) groups excluding carboxylic acids is 2. The van der Waals surface area contributed by atoms with Crippen LogP contribution in [0.15, 0.2) is 84.9 Å². The van der Waals surface area contributed by atoms with Crippen molar-refractivity contribution >= 4 is 11.8 Å². The van der Waals surface area contributed by atoms with Crippen LogP contribution in [0, 0.1) is 0 Å². The van der Waals surface area contributed by atoms with Gasteiger partial charge in [-0.05, 0) is 22.3 Å².